The van der Waals surface area contributed by atoms with Crippen molar-refractivity contribution in [3.63, 3.8) is 0 Å². The molecule has 0 atom stereocenters. The minimum absolute atomic E-state index is 0.184. The van der Waals surface area contributed by atoms with Gasteiger partial charge in [0.1, 0.15) is 16.4 Å². The van der Waals surface area contributed by atoms with Crippen LogP contribution in [0.2, 0.25) is 0 Å². The zero-order valence-electron chi connectivity index (χ0n) is 11.6. The van der Waals surface area contributed by atoms with E-state index in [1.165, 1.54) is 11.8 Å². The molecule has 0 aliphatic rings. The van der Waals surface area contributed by atoms with E-state index in [0.717, 1.165) is 12.1 Å². The fourth-order valence-corrected chi connectivity index (χ4v) is 2.87. The molecule has 2 heterocycles. The first-order valence-electron chi connectivity index (χ1n) is 6.24. The van der Waals surface area contributed by atoms with Crippen LogP contribution in [0.15, 0.2) is 17.4 Å². The van der Waals surface area contributed by atoms with E-state index in [1.807, 2.05) is 17.8 Å². The van der Waals surface area contributed by atoms with E-state index in [2.05, 4.69) is 15.1 Å². The molecule has 0 saturated heterocycles. The fraction of sp³-hybridized carbons (Fsp3) is 0.385. The van der Waals surface area contributed by atoms with Crippen LogP contribution in [0.25, 0.3) is 0 Å². The third kappa shape index (κ3) is 3.16. The predicted molar refractivity (Wildman–Crippen MR) is 75.9 cm³/mol. The topological polar surface area (TPSA) is 80.9 Å². The molecule has 0 unspecified atom stereocenters. The first kappa shape index (κ1) is 14.5. The fourth-order valence-electron chi connectivity index (χ4n) is 1.84. The lowest BCUT2D eigenvalue weighted by Crippen LogP contribution is -2.08. The summed E-state index contributed by atoms with van der Waals surface area (Å²) in [5.74, 6) is 0.226. The van der Waals surface area contributed by atoms with E-state index in [4.69, 9.17) is 0 Å². The largest absolute Gasteiger partial charge is 0.478 e. The molecule has 20 heavy (non-hydrogen) atoms. The Hall–Kier alpha value is -1.89. The van der Waals surface area contributed by atoms with Crippen LogP contribution < -0.4 is 0 Å². The van der Waals surface area contributed by atoms with Gasteiger partial charge in [-0.1, -0.05) is 0 Å². The Morgan fingerprint density at radius 2 is 2.15 bits per heavy atom. The molecule has 0 aromatic carbocycles. The van der Waals surface area contributed by atoms with E-state index in [1.54, 1.807) is 20.0 Å². The van der Waals surface area contributed by atoms with E-state index in [-0.39, 0.29) is 5.56 Å². The summed E-state index contributed by atoms with van der Waals surface area (Å²) < 4.78 is 1.84. The Bertz CT molecular complexity index is 639. The van der Waals surface area contributed by atoms with Gasteiger partial charge in [0.25, 0.3) is 0 Å². The standard InChI is InChI=1S/C13H16N4O2S/c1-4-17-6-10(5-14-17)7-20-12-11(13(18)19)8(2)15-9(3)16-12/h5-6H,4,7H2,1-3H3,(H,18,19). The molecule has 6 nitrogen and oxygen atoms in total. The van der Waals surface area contributed by atoms with Crippen LogP contribution >= 0.6 is 11.8 Å². The SMILES string of the molecule is CCn1cc(CSc2nc(C)nc(C)c2C(=O)O)cn1. The van der Waals surface area contributed by atoms with Crippen molar-refractivity contribution in [2.24, 2.45) is 0 Å². The molecular weight excluding hydrogens is 276 g/mol. The number of aryl methyl sites for hydroxylation is 3. The molecule has 0 aliphatic carbocycles. The van der Waals surface area contributed by atoms with Crippen molar-refractivity contribution in [2.75, 3.05) is 0 Å². The average Bonchev–Trinajstić information content (AvgIpc) is 2.82. The van der Waals surface area contributed by atoms with Crippen molar-refractivity contribution in [1.82, 2.24) is 19.7 Å². The summed E-state index contributed by atoms with van der Waals surface area (Å²) in [6.45, 7) is 6.29. The minimum atomic E-state index is -0.991. The third-order valence-corrected chi connectivity index (χ3v) is 3.82. The molecule has 7 heteroatoms. The number of hydrogen-bond donors (Lipinski definition) is 1. The van der Waals surface area contributed by atoms with Crippen LogP contribution in [0.1, 0.15) is 34.4 Å². The number of aromatic nitrogens is 4. The predicted octanol–water partition coefficient (Wildman–Crippen LogP) is 2.30. The quantitative estimate of drug-likeness (QED) is 0.672. The highest BCUT2D eigenvalue weighted by molar-refractivity contribution is 7.98. The maximum atomic E-state index is 11.3. The highest BCUT2D eigenvalue weighted by Crippen LogP contribution is 2.26. The Labute approximate surface area is 121 Å². The summed E-state index contributed by atoms with van der Waals surface area (Å²) in [4.78, 5) is 19.7. The second-order valence-corrected chi connectivity index (χ2v) is 5.30. The molecule has 1 N–H and O–H groups in total. The molecule has 0 fully saturated rings. The van der Waals surface area contributed by atoms with Crippen LogP contribution in [-0.4, -0.2) is 30.8 Å². The lowest BCUT2D eigenvalue weighted by Gasteiger charge is -2.07. The number of carbonyl (C=O) groups is 1. The van der Waals surface area contributed by atoms with Crippen LogP contribution in [0.3, 0.4) is 0 Å². The number of aromatic carboxylic acids is 1. The molecule has 2 aromatic rings. The van der Waals surface area contributed by atoms with E-state index in [9.17, 15) is 9.90 Å². The highest BCUT2D eigenvalue weighted by atomic mass is 32.2. The monoisotopic (exact) mass is 292 g/mol. The smallest absolute Gasteiger partial charge is 0.340 e. The summed E-state index contributed by atoms with van der Waals surface area (Å²) in [5.41, 5.74) is 1.72. The third-order valence-electron chi connectivity index (χ3n) is 2.77. The first-order valence-corrected chi connectivity index (χ1v) is 7.22. The Morgan fingerprint density at radius 3 is 2.75 bits per heavy atom. The van der Waals surface area contributed by atoms with Crippen molar-refractivity contribution < 1.29 is 9.90 Å². The van der Waals surface area contributed by atoms with Gasteiger partial charge >= 0.3 is 5.97 Å². The number of nitrogens with zero attached hydrogens (tertiary/aromatic N) is 4. The number of carboxylic acid groups (broad SMARTS) is 1. The lowest BCUT2D eigenvalue weighted by atomic mass is 10.2. The van der Waals surface area contributed by atoms with Gasteiger partial charge in [-0.25, -0.2) is 14.8 Å². The van der Waals surface area contributed by atoms with Crippen LogP contribution in [0.4, 0.5) is 0 Å². The first-order chi connectivity index (χ1) is 9.51. The zero-order chi connectivity index (χ0) is 14.7. The summed E-state index contributed by atoms with van der Waals surface area (Å²) in [6.07, 6.45) is 3.74. The minimum Gasteiger partial charge on any atom is -0.478 e. The van der Waals surface area contributed by atoms with Gasteiger partial charge in [-0.3, -0.25) is 4.68 Å². The Kier molecular flexibility index (Phi) is 4.39. The maximum Gasteiger partial charge on any atom is 0.340 e. The lowest BCUT2D eigenvalue weighted by molar-refractivity contribution is 0.0690. The normalized spacial score (nSPS) is 10.8. The summed E-state index contributed by atoms with van der Waals surface area (Å²) in [6, 6.07) is 0. The van der Waals surface area contributed by atoms with Crippen molar-refractivity contribution in [2.45, 2.75) is 38.1 Å². The van der Waals surface area contributed by atoms with Gasteiger partial charge in [0.15, 0.2) is 0 Å². The van der Waals surface area contributed by atoms with Gasteiger partial charge in [-0.05, 0) is 20.8 Å². The van der Waals surface area contributed by atoms with Crippen molar-refractivity contribution in [3.05, 3.63) is 35.0 Å². The number of thioether (sulfide) groups is 1. The molecule has 0 radical (unpaired) electrons. The number of carboxylic acids is 1. The molecule has 2 rings (SSSR count). The average molecular weight is 292 g/mol. The van der Waals surface area contributed by atoms with Crippen molar-refractivity contribution in [3.8, 4) is 0 Å². The molecule has 0 saturated carbocycles. The van der Waals surface area contributed by atoms with Gasteiger partial charge in [-0.2, -0.15) is 5.10 Å². The van der Waals surface area contributed by atoms with Gasteiger partial charge in [0.05, 0.1) is 11.9 Å². The number of rotatable bonds is 5. The Morgan fingerprint density at radius 1 is 1.40 bits per heavy atom. The van der Waals surface area contributed by atoms with Crippen LogP contribution in [0, 0.1) is 13.8 Å². The molecular formula is C13H16N4O2S. The van der Waals surface area contributed by atoms with Crippen molar-refractivity contribution >= 4 is 17.7 Å². The van der Waals surface area contributed by atoms with Crippen LogP contribution in [0.5, 0.6) is 0 Å². The second-order valence-electron chi connectivity index (χ2n) is 4.33. The molecule has 106 valence electrons. The highest BCUT2D eigenvalue weighted by Gasteiger charge is 2.17. The number of hydrogen-bond acceptors (Lipinski definition) is 5. The molecule has 0 bridgehead atoms. The summed E-state index contributed by atoms with van der Waals surface area (Å²) in [5, 5.41) is 14.0. The molecule has 0 spiro atoms. The second kappa shape index (κ2) is 6.04. The molecule has 2 aromatic heterocycles. The van der Waals surface area contributed by atoms with Gasteiger partial charge in [-0.15, -0.1) is 11.8 Å². The van der Waals surface area contributed by atoms with E-state index < -0.39 is 5.97 Å². The Balaban J connectivity index is 2.22. The van der Waals surface area contributed by atoms with E-state index in [0.29, 0.717) is 22.3 Å². The zero-order valence-corrected chi connectivity index (χ0v) is 12.4. The van der Waals surface area contributed by atoms with Gasteiger partial charge in [0, 0.05) is 24.1 Å². The van der Waals surface area contributed by atoms with Crippen molar-refractivity contribution in [1.29, 1.82) is 0 Å². The maximum absolute atomic E-state index is 11.3. The molecule has 0 aliphatic heterocycles. The van der Waals surface area contributed by atoms with Crippen LogP contribution in [-0.2, 0) is 12.3 Å². The van der Waals surface area contributed by atoms with Gasteiger partial charge in [0.2, 0.25) is 0 Å². The summed E-state index contributed by atoms with van der Waals surface area (Å²) in [7, 11) is 0. The van der Waals surface area contributed by atoms with Gasteiger partial charge < -0.3 is 5.11 Å². The molecule has 0 amide bonds. The van der Waals surface area contributed by atoms with E-state index >= 15 is 0 Å². The summed E-state index contributed by atoms with van der Waals surface area (Å²) >= 11 is 1.40.